The lowest BCUT2D eigenvalue weighted by Gasteiger charge is -2.16. The van der Waals surface area contributed by atoms with Crippen LogP contribution in [0.2, 0.25) is 0 Å². The summed E-state index contributed by atoms with van der Waals surface area (Å²) in [6, 6.07) is 7.29. The van der Waals surface area contributed by atoms with Crippen LogP contribution in [0, 0.1) is 5.92 Å². The number of carbonyl (C=O) groups is 1. The first-order valence-corrected chi connectivity index (χ1v) is 6.74. The number of ether oxygens (including phenoxy) is 2. The van der Waals surface area contributed by atoms with Crippen LogP contribution < -0.4 is 4.74 Å². The van der Waals surface area contributed by atoms with Gasteiger partial charge in [-0.15, -0.1) is 0 Å². The summed E-state index contributed by atoms with van der Waals surface area (Å²) in [5.41, 5.74) is 0.793. The Morgan fingerprint density at radius 2 is 2.05 bits per heavy atom. The highest BCUT2D eigenvalue weighted by molar-refractivity contribution is 5.85. The second kappa shape index (κ2) is 8.38. The number of rotatable bonds is 8. The molecule has 0 aliphatic heterocycles. The van der Waals surface area contributed by atoms with Gasteiger partial charge in [0.15, 0.2) is 0 Å². The van der Waals surface area contributed by atoms with Gasteiger partial charge in [0.1, 0.15) is 12.4 Å². The highest BCUT2D eigenvalue weighted by atomic mass is 16.5. The number of hydrogen-bond donors (Lipinski definition) is 1. The first-order valence-electron chi connectivity index (χ1n) is 6.74. The normalized spacial score (nSPS) is 12.8. The average Bonchev–Trinajstić information content (AvgIpc) is 2.41. The van der Waals surface area contributed by atoms with E-state index >= 15 is 0 Å². The molecule has 0 aromatic heterocycles. The van der Waals surface area contributed by atoms with Crippen LogP contribution in [0.15, 0.2) is 30.3 Å². The highest BCUT2D eigenvalue weighted by Crippen LogP contribution is 2.14. The molecule has 0 saturated carbocycles. The van der Waals surface area contributed by atoms with Crippen LogP contribution in [0.5, 0.6) is 5.75 Å². The molecule has 0 amide bonds. The molecule has 1 aromatic rings. The Balaban J connectivity index is 2.41. The Bertz CT molecular complexity index is 452. The van der Waals surface area contributed by atoms with Crippen molar-refractivity contribution in [3.8, 4) is 5.75 Å². The van der Waals surface area contributed by atoms with Crippen molar-refractivity contribution in [3.63, 3.8) is 0 Å². The van der Waals surface area contributed by atoms with E-state index in [1.54, 1.807) is 6.07 Å². The summed E-state index contributed by atoms with van der Waals surface area (Å²) in [6.45, 7) is 7.28. The second-order valence-electron chi connectivity index (χ2n) is 4.91. The number of aliphatic carboxylic acids is 1. The third kappa shape index (κ3) is 6.38. The number of hydrogen-bond acceptors (Lipinski definition) is 3. The van der Waals surface area contributed by atoms with E-state index < -0.39 is 5.97 Å². The van der Waals surface area contributed by atoms with Gasteiger partial charge in [0.05, 0.1) is 12.7 Å². The molecule has 0 fully saturated rings. The Morgan fingerprint density at radius 3 is 2.70 bits per heavy atom. The van der Waals surface area contributed by atoms with E-state index in [-0.39, 0.29) is 6.10 Å². The van der Waals surface area contributed by atoms with Crippen LogP contribution in [0.25, 0.3) is 6.08 Å². The Labute approximate surface area is 120 Å². The summed E-state index contributed by atoms with van der Waals surface area (Å²) in [5.74, 6) is 0.227. The number of carboxylic acids is 1. The highest BCUT2D eigenvalue weighted by Gasteiger charge is 2.06. The molecule has 1 unspecified atom stereocenters. The fourth-order valence-corrected chi connectivity index (χ4v) is 1.46. The maximum absolute atomic E-state index is 10.5. The van der Waals surface area contributed by atoms with E-state index in [1.165, 1.54) is 6.08 Å². The van der Waals surface area contributed by atoms with E-state index in [4.69, 9.17) is 14.6 Å². The van der Waals surface area contributed by atoms with Gasteiger partial charge in [0.25, 0.3) is 0 Å². The van der Waals surface area contributed by atoms with Crippen LogP contribution in [0.1, 0.15) is 26.3 Å². The van der Waals surface area contributed by atoms with Crippen molar-refractivity contribution in [2.45, 2.75) is 26.9 Å². The van der Waals surface area contributed by atoms with Crippen LogP contribution in [-0.4, -0.2) is 30.4 Å². The SMILES string of the molecule is CC(C)C(C)OCCOc1cccc(/C=C/C(=O)O)c1. The van der Waals surface area contributed by atoms with Gasteiger partial charge in [-0.1, -0.05) is 26.0 Å². The Morgan fingerprint density at radius 1 is 1.30 bits per heavy atom. The van der Waals surface area contributed by atoms with Crippen molar-refractivity contribution >= 4 is 12.0 Å². The molecular weight excluding hydrogens is 256 g/mol. The lowest BCUT2D eigenvalue weighted by Crippen LogP contribution is -2.19. The largest absolute Gasteiger partial charge is 0.491 e. The maximum Gasteiger partial charge on any atom is 0.328 e. The van der Waals surface area contributed by atoms with Gasteiger partial charge in [0.2, 0.25) is 0 Å². The van der Waals surface area contributed by atoms with Gasteiger partial charge in [0, 0.05) is 6.08 Å². The standard InChI is InChI=1S/C16H22O4/c1-12(2)13(3)19-9-10-20-15-6-4-5-14(11-15)7-8-16(17)18/h4-8,11-13H,9-10H2,1-3H3,(H,17,18)/b8-7+. The molecule has 0 saturated heterocycles. The molecular formula is C16H22O4. The fraction of sp³-hybridized carbons (Fsp3) is 0.438. The minimum atomic E-state index is -0.965. The minimum absolute atomic E-state index is 0.212. The smallest absolute Gasteiger partial charge is 0.328 e. The van der Waals surface area contributed by atoms with Gasteiger partial charge in [-0.3, -0.25) is 0 Å². The van der Waals surface area contributed by atoms with Crippen molar-refractivity contribution < 1.29 is 19.4 Å². The van der Waals surface area contributed by atoms with Gasteiger partial charge in [-0.25, -0.2) is 4.79 Å². The molecule has 1 rings (SSSR count). The first-order chi connectivity index (χ1) is 9.49. The summed E-state index contributed by atoms with van der Waals surface area (Å²) >= 11 is 0. The van der Waals surface area contributed by atoms with Crippen molar-refractivity contribution in [1.82, 2.24) is 0 Å². The predicted octanol–water partition coefficient (Wildman–Crippen LogP) is 3.22. The second-order valence-corrected chi connectivity index (χ2v) is 4.91. The van der Waals surface area contributed by atoms with Crippen molar-refractivity contribution in [2.75, 3.05) is 13.2 Å². The monoisotopic (exact) mass is 278 g/mol. The summed E-state index contributed by atoms with van der Waals surface area (Å²) in [4.78, 5) is 10.5. The van der Waals surface area contributed by atoms with Crippen LogP contribution in [0.3, 0.4) is 0 Å². The molecule has 1 atom stereocenters. The third-order valence-electron chi connectivity index (χ3n) is 2.95. The summed E-state index contributed by atoms with van der Waals surface area (Å²) in [7, 11) is 0. The van der Waals surface area contributed by atoms with E-state index in [2.05, 4.69) is 13.8 Å². The van der Waals surface area contributed by atoms with Crippen molar-refractivity contribution in [3.05, 3.63) is 35.9 Å². The van der Waals surface area contributed by atoms with E-state index in [0.717, 1.165) is 11.6 Å². The summed E-state index contributed by atoms with van der Waals surface area (Å²) in [5, 5.41) is 8.58. The molecule has 0 radical (unpaired) electrons. The molecule has 0 bridgehead atoms. The zero-order valence-electron chi connectivity index (χ0n) is 12.2. The maximum atomic E-state index is 10.5. The van der Waals surface area contributed by atoms with Gasteiger partial charge in [-0.2, -0.15) is 0 Å². The van der Waals surface area contributed by atoms with Crippen LogP contribution in [-0.2, 0) is 9.53 Å². The first kappa shape index (κ1) is 16.2. The Kier molecular flexibility index (Phi) is 6.81. The molecule has 0 spiro atoms. The number of benzene rings is 1. The van der Waals surface area contributed by atoms with Crippen LogP contribution in [0.4, 0.5) is 0 Å². The predicted molar refractivity (Wildman–Crippen MR) is 78.9 cm³/mol. The summed E-state index contributed by atoms with van der Waals surface area (Å²) in [6.07, 6.45) is 2.85. The van der Waals surface area contributed by atoms with Gasteiger partial charge < -0.3 is 14.6 Å². The lowest BCUT2D eigenvalue weighted by molar-refractivity contribution is -0.131. The molecule has 0 aliphatic carbocycles. The minimum Gasteiger partial charge on any atom is -0.491 e. The third-order valence-corrected chi connectivity index (χ3v) is 2.95. The zero-order chi connectivity index (χ0) is 15.0. The van der Waals surface area contributed by atoms with Crippen molar-refractivity contribution in [1.29, 1.82) is 0 Å². The molecule has 20 heavy (non-hydrogen) atoms. The number of carboxylic acid groups (broad SMARTS) is 1. The molecule has 1 N–H and O–H groups in total. The van der Waals surface area contributed by atoms with E-state index in [0.29, 0.717) is 24.9 Å². The molecule has 1 aromatic carbocycles. The lowest BCUT2D eigenvalue weighted by atomic mass is 10.1. The molecule has 0 aliphatic rings. The van der Waals surface area contributed by atoms with E-state index in [9.17, 15) is 4.79 Å². The zero-order valence-corrected chi connectivity index (χ0v) is 12.2. The molecule has 0 heterocycles. The summed E-state index contributed by atoms with van der Waals surface area (Å²) < 4.78 is 11.2. The molecule has 4 heteroatoms. The Hall–Kier alpha value is -1.81. The quantitative estimate of drug-likeness (QED) is 0.586. The van der Waals surface area contributed by atoms with Gasteiger partial charge in [-0.05, 0) is 36.6 Å². The topological polar surface area (TPSA) is 55.8 Å². The van der Waals surface area contributed by atoms with Crippen LogP contribution >= 0.6 is 0 Å². The van der Waals surface area contributed by atoms with Gasteiger partial charge >= 0.3 is 5.97 Å². The molecule has 4 nitrogen and oxygen atoms in total. The molecule has 110 valence electrons. The fourth-order valence-electron chi connectivity index (χ4n) is 1.46. The van der Waals surface area contributed by atoms with Crippen molar-refractivity contribution in [2.24, 2.45) is 5.92 Å². The van der Waals surface area contributed by atoms with E-state index in [1.807, 2.05) is 25.1 Å². The average molecular weight is 278 g/mol.